The first-order chi connectivity index (χ1) is 9.30. The van der Waals surface area contributed by atoms with Crippen molar-refractivity contribution >= 4 is 17.7 Å². The molecule has 0 spiro atoms. The summed E-state index contributed by atoms with van der Waals surface area (Å²) in [7, 11) is 0. The number of nitrogens with zero attached hydrogens (tertiary/aromatic N) is 1. The van der Waals surface area contributed by atoms with Gasteiger partial charge in [-0.3, -0.25) is 4.79 Å². The molecule has 1 aromatic rings. The third-order valence-electron chi connectivity index (χ3n) is 2.97. The lowest BCUT2D eigenvalue weighted by Gasteiger charge is -2.36. The van der Waals surface area contributed by atoms with E-state index in [1.54, 1.807) is 11.8 Å². The van der Waals surface area contributed by atoms with Gasteiger partial charge in [-0.1, -0.05) is 44.2 Å². The van der Waals surface area contributed by atoms with Crippen molar-refractivity contribution in [1.29, 1.82) is 0 Å². The fourth-order valence-corrected chi connectivity index (χ4v) is 2.85. The lowest BCUT2D eigenvalue weighted by Crippen LogP contribution is -2.46. The van der Waals surface area contributed by atoms with Crippen molar-refractivity contribution < 1.29 is 4.79 Å². The summed E-state index contributed by atoms with van der Waals surface area (Å²) in [6.45, 7) is 11.3. The molecule has 3 heteroatoms. The normalized spacial score (nSPS) is 11.7. The number of hydrogen-bond acceptors (Lipinski definition) is 2. The zero-order valence-corrected chi connectivity index (χ0v) is 14.2. The van der Waals surface area contributed by atoms with Gasteiger partial charge >= 0.3 is 0 Å². The lowest BCUT2D eigenvalue weighted by molar-refractivity contribution is -0.133. The number of carbonyl (C=O) groups is 1. The summed E-state index contributed by atoms with van der Waals surface area (Å²) in [5.41, 5.74) is 1.04. The van der Waals surface area contributed by atoms with Crippen molar-refractivity contribution in [2.45, 2.75) is 46.7 Å². The largest absolute Gasteiger partial charge is 0.333 e. The first-order valence-electron chi connectivity index (χ1n) is 7.23. The topological polar surface area (TPSA) is 20.3 Å². The summed E-state index contributed by atoms with van der Waals surface area (Å²) in [4.78, 5) is 14.5. The smallest absolute Gasteiger partial charge is 0.233 e. The predicted octanol–water partition coefficient (Wildman–Crippen LogP) is 4.20. The highest BCUT2D eigenvalue weighted by molar-refractivity contribution is 7.99. The van der Waals surface area contributed by atoms with Gasteiger partial charge < -0.3 is 4.90 Å². The molecule has 1 rings (SSSR count). The minimum absolute atomic E-state index is 0.148. The highest BCUT2D eigenvalue weighted by Crippen LogP contribution is 2.19. The zero-order chi connectivity index (χ0) is 15.2. The Labute approximate surface area is 127 Å². The number of carbonyl (C=O) groups excluding carboxylic acids is 1. The van der Waals surface area contributed by atoms with Crippen LogP contribution in [-0.4, -0.2) is 27.9 Å². The Morgan fingerprint density at radius 3 is 2.30 bits per heavy atom. The van der Waals surface area contributed by atoms with E-state index in [2.05, 4.69) is 46.8 Å². The number of thioether (sulfide) groups is 1. The van der Waals surface area contributed by atoms with Gasteiger partial charge in [0.2, 0.25) is 5.91 Å². The van der Waals surface area contributed by atoms with E-state index in [0.717, 1.165) is 5.75 Å². The second kappa shape index (κ2) is 7.72. The van der Waals surface area contributed by atoms with Gasteiger partial charge in [-0.2, -0.15) is 11.8 Å². The van der Waals surface area contributed by atoms with Crippen LogP contribution in [-0.2, 0) is 11.3 Å². The second-order valence-electron chi connectivity index (χ2n) is 6.55. The second-order valence-corrected chi connectivity index (χ2v) is 7.58. The van der Waals surface area contributed by atoms with Crippen LogP contribution in [0.15, 0.2) is 30.3 Å². The quantitative estimate of drug-likeness (QED) is 0.783. The molecule has 0 bridgehead atoms. The molecule has 0 N–H and O–H groups in total. The maximum Gasteiger partial charge on any atom is 0.233 e. The van der Waals surface area contributed by atoms with E-state index in [1.807, 2.05) is 23.1 Å². The van der Waals surface area contributed by atoms with Crippen LogP contribution in [0.25, 0.3) is 0 Å². The molecule has 0 atom stereocenters. The number of amides is 1. The van der Waals surface area contributed by atoms with Crippen LogP contribution in [0.3, 0.4) is 0 Å². The van der Waals surface area contributed by atoms with E-state index in [9.17, 15) is 4.79 Å². The Balaban J connectivity index is 2.67. The van der Waals surface area contributed by atoms with E-state index in [-0.39, 0.29) is 11.4 Å². The number of benzene rings is 1. The van der Waals surface area contributed by atoms with Gasteiger partial charge in [0.1, 0.15) is 0 Å². The molecule has 0 heterocycles. The third kappa shape index (κ3) is 6.00. The fourth-order valence-electron chi connectivity index (χ4n) is 1.93. The van der Waals surface area contributed by atoms with Gasteiger partial charge in [-0.15, -0.1) is 0 Å². The Hall–Kier alpha value is -0.960. The summed E-state index contributed by atoms with van der Waals surface area (Å²) in [5, 5.41) is 0. The van der Waals surface area contributed by atoms with Crippen LogP contribution in [0, 0.1) is 5.92 Å². The van der Waals surface area contributed by atoms with Crippen molar-refractivity contribution in [2.24, 2.45) is 5.92 Å². The van der Waals surface area contributed by atoms with Gasteiger partial charge in [0, 0.05) is 12.1 Å². The molecule has 2 nitrogen and oxygen atoms in total. The van der Waals surface area contributed by atoms with Crippen LogP contribution in [0.4, 0.5) is 0 Å². The molecule has 112 valence electrons. The highest BCUT2D eigenvalue weighted by atomic mass is 32.2. The van der Waals surface area contributed by atoms with Gasteiger partial charge in [-0.25, -0.2) is 0 Å². The van der Waals surface area contributed by atoms with Crippen LogP contribution in [0.5, 0.6) is 0 Å². The van der Waals surface area contributed by atoms with Crippen LogP contribution in [0.1, 0.15) is 40.2 Å². The molecule has 20 heavy (non-hydrogen) atoms. The molecule has 1 amide bonds. The Bertz CT molecular complexity index is 409. The van der Waals surface area contributed by atoms with Gasteiger partial charge in [0.25, 0.3) is 0 Å². The minimum atomic E-state index is -0.148. The molecule has 0 saturated heterocycles. The molecular formula is C17H27NOS. The Morgan fingerprint density at radius 1 is 1.20 bits per heavy atom. The van der Waals surface area contributed by atoms with Crippen LogP contribution < -0.4 is 0 Å². The molecule has 0 aromatic heterocycles. The van der Waals surface area contributed by atoms with E-state index in [1.165, 1.54) is 5.56 Å². The first-order valence-corrected chi connectivity index (χ1v) is 8.38. The van der Waals surface area contributed by atoms with Crippen LogP contribution >= 0.6 is 11.8 Å². The molecule has 0 unspecified atom stereocenters. The van der Waals surface area contributed by atoms with E-state index in [4.69, 9.17) is 0 Å². The summed E-state index contributed by atoms with van der Waals surface area (Å²) in [5.74, 6) is 2.47. The predicted molar refractivity (Wildman–Crippen MR) is 88.9 cm³/mol. The molecule has 0 saturated carbocycles. The minimum Gasteiger partial charge on any atom is -0.333 e. The average Bonchev–Trinajstić information content (AvgIpc) is 2.35. The molecule has 0 radical (unpaired) electrons. The third-order valence-corrected chi connectivity index (χ3v) is 4.32. The number of rotatable bonds is 6. The van der Waals surface area contributed by atoms with E-state index in [0.29, 0.717) is 18.2 Å². The summed E-state index contributed by atoms with van der Waals surface area (Å²) >= 11 is 1.73. The molecular weight excluding hydrogens is 266 g/mol. The first kappa shape index (κ1) is 17.1. The van der Waals surface area contributed by atoms with Crippen molar-refractivity contribution in [1.82, 2.24) is 4.90 Å². The SMILES string of the molecule is CC(C)CSCC(=O)N(Cc1ccccc1)C(C)(C)C. The average molecular weight is 293 g/mol. The van der Waals surface area contributed by atoms with Crippen molar-refractivity contribution in [3.63, 3.8) is 0 Å². The van der Waals surface area contributed by atoms with Crippen molar-refractivity contribution in [2.75, 3.05) is 11.5 Å². The summed E-state index contributed by atoms with van der Waals surface area (Å²) in [6, 6.07) is 10.2. The Morgan fingerprint density at radius 2 is 1.80 bits per heavy atom. The number of hydrogen-bond donors (Lipinski definition) is 0. The Kier molecular flexibility index (Phi) is 6.60. The standard InChI is InChI=1S/C17H27NOS/c1-14(2)12-20-13-16(19)18(17(3,4)5)11-15-9-7-6-8-10-15/h6-10,14H,11-13H2,1-5H3. The lowest BCUT2D eigenvalue weighted by atomic mass is 10.0. The summed E-state index contributed by atoms with van der Waals surface area (Å²) < 4.78 is 0. The van der Waals surface area contributed by atoms with E-state index >= 15 is 0 Å². The molecule has 0 aliphatic carbocycles. The van der Waals surface area contributed by atoms with Gasteiger partial charge in [0.05, 0.1) is 5.75 Å². The van der Waals surface area contributed by atoms with Crippen molar-refractivity contribution in [3.8, 4) is 0 Å². The maximum atomic E-state index is 12.5. The fraction of sp³-hybridized carbons (Fsp3) is 0.588. The van der Waals surface area contributed by atoms with Gasteiger partial charge in [-0.05, 0) is 38.0 Å². The highest BCUT2D eigenvalue weighted by Gasteiger charge is 2.26. The van der Waals surface area contributed by atoms with E-state index < -0.39 is 0 Å². The van der Waals surface area contributed by atoms with Crippen molar-refractivity contribution in [3.05, 3.63) is 35.9 Å². The monoisotopic (exact) mass is 293 g/mol. The molecule has 0 aliphatic rings. The molecule has 0 fully saturated rings. The van der Waals surface area contributed by atoms with Gasteiger partial charge in [0.15, 0.2) is 0 Å². The zero-order valence-electron chi connectivity index (χ0n) is 13.3. The summed E-state index contributed by atoms with van der Waals surface area (Å²) in [6.07, 6.45) is 0. The van der Waals surface area contributed by atoms with Crippen LogP contribution in [0.2, 0.25) is 0 Å². The maximum absolute atomic E-state index is 12.5. The molecule has 0 aliphatic heterocycles. The molecule has 1 aromatic carbocycles.